The summed E-state index contributed by atoms with van der Waals surface area (Å²) in [5, 5.41) is 19.1. The van der Waals surface area contributed by atoms with Gasteiger partial charge in [0.1, 0.15) is 11.3 Å². The monoisotopic (exact) mass is 324 g/mol. The maximum absolute atomic E-state index is 11.6. The normalized spacial score (nSPS) is 11.6. The molecule has 1 aromatic heterocycles. The lowest BCUT2D eigenvalue weighted by molar-refractivity contribution is 0.101. The predicted molar refractivity (Wildman–Crippen MR) is 87.6 cm³/mol. The van der Waals surface area contributed by atoms with Crippen molar-refractivity contribution in [1.29, 1.82) is 0 Å². The molecule has 23 heavy (non-hydrogen) atoms. The number of carbonyl (C=O) groups excluding carboxylic acids is 1. The number of rotatable bonds is 5. The highest BCUT2D eigenvalue weighted by Gasteiger charge is 2.25. The number of aromatic hydroxyl groups is 1. The molecule has 0 aliphatic heterocycles. The molecule has 6 nitrogen and oxygen atoms in total. The average Bonchev–Trinajstić information content (AvgIpc) is 2.95. The molecule has 0 radical (unpaired) electrons. The first-order chi connectivity index (χ1) is 10.9. The molecule has 2 rings (SSSR count). The lowest BCUT2D eigenvalue weighted by Gasteiger charge is -2.12. The number of Topliss-reactive ketones (excluding diaryl/α,β-unsaturated/α-hetero) is 1. The van der Waals surface area contributed by atoms with Gasteiger partial charge < -0.3 is 24.1 Å². The molecule has 2 N–H and O–H groups in total. The Morgan fingerprint density at radius 1 is 1.30 bits per heavy atom. The van der Waals surface area contributed by atoms with Crippen LogP contribution in [0.2, 0.25) is 0 Å². The maximum atomic E-state index is 11.6. The highest BCUT2D eigenvalue weighted by molar-refractivity contribution is 6.08. The SMILES string of the molecule is CCCC(C)O.COc1c(C(C)=O)c(O)c(OC)c2occc12. The minimum atomic E-state index is -0.305. The summed E-state index contributed by atoms with van der Waals surface area (Å²) in [5.41, 5.74) is 0.449. The van der Waals surface area contributed by atoms with Gasteiger partial charge in [-0.2, -0.15) is 0 Å². The minimum absolute atomic E-state index is 0.0956. The van der Waals surface area contributed by atoms with Crippen LogP contribution in [0.3, 0.4) is 0 Å². The molecular formula is C17H24O6. The van der Waals surface area contributed by atoms with E-state index in [2.05, 4.69) is 6.92 Å². The molecule has 0 aliphatic carbocycles. The summed E-state index contributed by atoms with van der Waals surface area (Å²) in [4.78, 5) is 11.6. The third-order valence-corrected chi connectivity index (χ3v) is 3.26. The smallest absolute Gasteiger partial charge is 0.205 e. The van der Waals surface area contributed by atoms with Gasteiger partial charge in [-0.1, -0.05) is 13.3 Å². The van der Waals surface area contributed by atoms with Gasteiger partial charge >= 0.3 is 0 Å². The summed E-state index contributed by atoms with van der Waals surface area (Å²) in [6.07, 6.45) is 3.35. The van der Waals surface area contributed by atoms with Gasteiger partial charge in [-0.05, 0) is 26.3 Å². The number of ether oxygens (including phenoxy) is 2. The Hall–Kier alpha value is -2.21. The number of phenolic OH excluding ortho intramolecular Hbond substituents is 1. The molecule has 1 aromatic carbocycles. The van der Waals surface area contributed by atoms with E-state index in [1.54, 1.807) is 6.07 Å². The molecule has 0 amide bonds. The fourth-order valence-electron chi connectivity index (χ4n) is 2.27. The lowest BCUT2D eigenvalue weighted by Crippen LogP contribution is -2.00. The molecule has 1 heterocycles. The molecule has 1 unspecified atom stereocenters. The van der Waals surface area contributed by atoms with Crippen molar-refractivity contribution >= 4 is 16.8 Å². The van der Waals surface area contributed by atoms with Crippen molar-refractivity contribution in [2.24, 2.45) is 0 Å². The van der Waals surface area contributed by atoms with Crippen LogP contribution in [0, 0.1) is 0 Å². The number of aliphatic hydroxyl groups is 1. The van der Waals surface area contributed by atoms with Crippen LogP contribution in [0.5, 0.6) is 17.2 Å². The number of phenols is 1. The van der Waals surface area contributed by atoms with Crippen molar-refractivity contribution in [3.8, 4) is 17.2 Å². The second-order valence-corrected chi connectivity index (χ2v) is 5.15. The van der Waals surface area contributed by atoms with Crippen molar-refractivity contribution in [3.63, 3.8) is 0 Å². The van der Waals surface area contributed by atoms with Gasteiger partial charge in [-0.15, -0.1) is 0 Å². The molecule has 0 spiro atoms. The number of fused-ring (bicyclic) bond motifs is 1. The number of furan rings is 1. The maximum Gasteiger partial charge on any atom is 0.205 e. The zero-order valence-corrected chi connectivity index (χ0v) is 14.2. The number of hydrogen-bond acceptors (Lipinski definition) is 6. The zero-order chi connectivity index (χ0) is 17.6. The van der Waals surface area contributed by atoms with Gasteiger partial charge in [0.25, 0.3) is 0 Å². The van der Waals surface area contributed by atoms with E-state index in [4.69, 9.17) is 19.0 Å². The molecule has 128 valence electrons. The zero-order valence-electron chi connectivity index (χ0n) is 14.2. The van der Waals surface area contributed by atoms with E-state index in [0.717, 1.165) is 12.8 Å². The summed E-state index contributed by atoms with van der Waals surface area (Å²) < 4.78 is 15.4. The first-order valence-corrected chi connectivity index (χ1v) is 7.42. The predicted octanol–water partition coefficient (Wildman–Crippen LogP) is 3.53. The van der Waals surface area contributed by atoms with E-state index in [9.17, 15) is 9.90 Å². The van der Waals surface area contributed by atoms with E-state index in [1.165, 1.54) is 27.4 Å². The van der Waals surface area contributed by atoms with E-state index in [0.29, 0.717) is 16.7 Å². The summed E-state index contributed by atoms with van der Waals surface area (Å²) >= 11 is 0. The second kappa shape index (κ2) is 8.43. The van der Waals surface area contributed by atoms with Crippen molar-refractivity contribution in [3.05, 3.63) is 17.9 Å². The van der Waals surface area contributed by atoms with Crippen molar-refractivity contribution in [1.82, 2.24) is 0 Å². The van der Waals surface area contributed by atoms with Crippen LogP contribution < -0.4 is 9.47 Å². The fraction of sp³-hybridized carbons (Fsp3) is 0.471. The van der Waals surface area contributed by atoms with Crippen LogP contribution in [-0.2, 0) is 0 Å². The second-order valence-electron chi connectivity index (χ2n) is 5.15. The van der Waals surface area contributed by atoms with Gasteiger partial charge in [-0.25, -0.2) is 0 Å². The van der Waals surface area contributed by atoms with Crippen molar-refractivity contribution < 1.29 is 28.9 Å². The highest BCUT2D eigenvalue weighted by Crippen LogP contribution is 2.45. The topological polar surface area (TPSA) is 89.1 Å². The Labute approximate surface area is 135 Å². The average molecular weight is 324 g/mol. The molecule has 0 saturated heterocycles. The molecule has 1 atom stereocenters. The van der Waals surface area contributed by atoms with Crippen LogP contribution in [-0.4, -0.2) is 36.3 Å². The standard InChI is InChI=1S/C12H12O5.C5H12O/c1-6(13)8-9(14)12(16-3)11-7(4-5-17-11)10(8)15-2;1-3-4-5(2)6/h4-5,14H,1-3H3;5-6H,3-4H2,1-2H3. The Bertz CT molecular complexity index is 657. The molecule has 6 heteroatoms. The van der Waals surface area contributed by atoms with Crippen molar-refractivity contribution in [2.45, 2.75) is 39.7 Å². The third kappa shape index (κ3) is 4.16. The Balaban J connectivity index is 0.000000379. The van der Waals surface area contributed by atoms with Crippen LogP contribution in [0.25, 0.3) is 11.0 Å². The first kappa shape index (κ1) is 18.8. The molecule has 0 aliphatic rings. The number of benzene rings is 1. The van der Waals surface area contributed by atoms with Gasteiger partial charge in [0.05, 0.1) is 32.0 Å². The minimum Gasteiger partial charge on any atom is -0.504 e. The van der Waals surface area contributed by atoms with Gasteiger partial charge in [0.15, 0.2) is 17.1 Å². The van der Waals surface area contributed by atoms with Crippen LogP contribution >= 0.6 is 0 Å². The Morgan fingerprint density at radius 3 is 2.30 bits per heavy atom. The van der Waals surface area contributed by atoms with Gasteiger partial charge in [0, 0.05) is 0 Å². The highest BCUT2D eigenvalue weighted by atomic mass is 16.5. The van der Waals surface area contributed by atoms with E-state index < -0.39 is 0 Å². The molecule has 0 saturated carbocycles. The summed E-state index contributed by atoms with van der Waals surface area (Å²) in [6, 6.07) is 1.66. The number of methoxy groups -OCH3 is 2. The number of hydrogen-bond donors (Lipinski definition) is 2. The van der Waals surface area contributed by atoms with E-state index in [1.807, 2.05) is 6.92 Å². The largest absolute Gasteiger partial charge is 0.504 e. The van der Waals surface area contributed by atoms with Gasteiger partial charge in [0.2, 0.25) is 5.75 Å². The third-order valence-electron chi connectivity index (χ3n) is 3.26. The summed E-state index contributed by atoms with van der Waals surface area (Å²) in [7, 11) is 2.83. The van der Waals surface area contributed by atoms with Crippen LogP contribution in [0.15, 0.2) is 16.7 Å². The van der Waals surface area contributed by atoms with Crippen LogP contribution in [0.1, 0.15) is 44.0 Å². The number of aliphatic hydroxyl groups excluding tert-OH is 1. The van der Waals surface area contributed by atoms with Gasteiger partial charge in [-0.3, -0.25) is 4.79 Å². The summed E-state index contributed by atoms with van der Waals surface area (Å²) in [6.45, 7) is 5.22. The number of carbonyl (C=O) groups is 1. The number of ketones is 1. The Morgan fingerprint density at radius 2 is 1.91 bits per heavy atom. The lowest BCUT2D eigenvalue weighted by atomic mass is 10.1. The summed E-state index contributed by atoms with van der Waals surface area (Å²) in [5.74, 6) is -0.143. The van der Waals surface area contributed by atoms with Crippen molar-refractivity contribution in [2.75, 3.05) is 14.2 Å². The first-order valence-electron chi connectivity index (χ1n) is 7.42. The molecule has 0 fully saturated rings. The Kier molecular flexibility index (Phi) is 6.90. The van der Waals surface area contributed by atoms with Crippen LogP contribution in [0.4, 0.5) is 0 Å². The molecule has 2 aromatic rings. The fourth-order valence-corrected chi connectivity index (χ4v) is 2.27. The molecule has 0 bridgehead atoms. The van der Waals surface area contributed by atoms with E-state index >= 15 is 0 Å². The van der Waals surface area contributed by atoms with E-state index in [-0.39, 0.29) is 28.9 Å². The molecular weight excluding hydrogens is 300 g/mol. The quantitative estimate of drug-likeness (QED) is 0.818.